The van der Waals surface area contributed by atoms with Gasteiger partial charge in [0.05, 0.1) is 6.04 Å². The molecular formula is C23H35N3O. The van der Waals surface area contributed by atoms with E-state index in [9.17, 15) is 4.79 Å². The van der Waals surface area contributed by atoms with Crippen LogP contribution in [-0.4, -0.2) is 60.5 Å². The van der Waals surface area contributed by atoms with Gasteiger partial charge in [0.25, 0.3) is 0 Å². The van der Waals surface area contributed by atoms with Crippen LogP contribution in [0, 0.1) is 5.92 Å². The minimum Gasteiger partial charge on any atom is -0.352 e. The second kappa shape index (κ2) is 10.0. The molecule has 0 radical (unpaired) electrons. The number of nitrogens with zero attached hydrogens (tertiary/aromatic N) is 2. The van der Waals surface area contributed by atoms with E-state index < -0.39 is 0 Å². The van der Waals surface area contributed by atoms with Gasteiger partial charge in [-0.25, -0.2) is 0 Å². The predicted octanol–water partition coefficient (Wildman–Crippen LogP) is 3.40. The number of hydrogen-bond donors (Lipinski definition) is 1. The molecule has 1 N–H and O–H groups in total. The van der Waals surface area contributed by atoms with Crippen LogP contribution >= 0.6 is 0 Å². The van der Waals surface area contributed by atoms with Gasteiger partial charge in [0.15, 0.2) is 0 Å². The number of hydrogen-bond acceptors (Lipinski definition) is 3. The summed E-state index contributed by atoms with van der Waals surface area (Å²) in [6, 6.07) is 10.8. The van der Waals surface area contributed by atoms with Crippen LogP contribution in [0.2, 0.25) is 0 Å². The summed E-state index contributed by atoms with van der Waals surface area (Å²) in [6.45, 7) is 9.29. The molecule has 3 atom stereocenters. The van der Waals surface area contributed by atoms with Gasteiger partial charge in [-0.3, -0.25) is 14.6 Å². The van der Waals surface area contributed by atoms with Gasteiger partial charge in [-0.15, -0.1) is 0 Å². The van der Waals surface area contributed by atoms with Crippen LogP contribution in [0.1, 0.15) is 45.1 Å². The van der Waals surface area contributed by atoms with Crippen molar-refractivity contribution in [2.24, 2.45) is 5.92 Å². The summed E-state index contributed by atoms with van der Waals surface area (Å²) in [7, 11) is 0. The molecule has 27 heavy (non-hydrogen) atoms. The molecule has 1 saturated carbocycles. The Hall–Kier alpha value is -1.65. The van der Waals surface area contributed by atoms with Crippen LogP contribution in [0.15, 0.2) is 36.4 Å². The molecule has 3 rings (SSSR count). The van der Waals surface area contributed by atoms with E-state index in [2.05, 4.69) is 65.4 Å². The normalized spacial score (nSPS) is 26.1. The van der Waals surface area contributed by atoms with Crippen molar-refractivity contribution in [2.45, 2.75) is 51.6 Å². The smallest absolute Gasteiger partial charge is 0.237 e. The van der Waals surface area contributed by atoms with Crippen molar-refractivity contribution in [2.75, 3.05) is 32.7 Å². The molecular weight excluding hydrogens is 334 g/mol. The van der Waals surface area contributed by atoms with Crippen LogP contribution < -0.4 is 5.32 Å². The molecule has 2 fully saturated rings. The Morgan fingerprint density at radius 3 is 2.56 bits per heavy atom. The second-order valence-corrected chi connectivity index (χ2v) is 8.20. The maximum absolute atomic E-state index is 12.7. The van der Waals surface area contributed by atoms with Crippen molar-refractivity contribution < 1.29 is 4.79 Å². The lowest BCUT2D eigenvalue weighted by Gasteiger charge is -2.38. The SMILES string of the molecule is C[C@@H]1CCCC[C@H]1NC(=O)[C@@H](C)N1CCN(C/C=C/c2ccccc2)CC1. The summed E-state index contributed by atoms with van der Waals surface area (Å²) >= 11 is 0. The summed E-state index contributed by atoms with van der Waals surface area (Å²) in [6.07, 6.45) is 9.37. The fourth-order valence-corrected chi connectivity index (χ4v) is 4.24. The third-order valence-corrected chi connectivity index (χ3v) is 6.25. The number of rotatable bonds is 6. The largest absolute Gasteiger partial charge is 0.352 e. The first-order chi connectivity index (χ1) is 13.1. The number of carbonyl (C=O) groups is 1. The summed E-state index contributed by atoms with van der Waals surface area (Å²) in [5, 5.41) is 3.32. The molecule has 0 bridgehead atoms. The molecule has 4 heteroatoms. The molecule has 1 amide bonds. The third kappa shape index (κ3) is 5.91. The van der Waals surface area contributed by atoms with E-state index in [0.717, 1.165) is 39.1 Å². The highest BCUT2D eigenvalue weighted by molar-refractivity contribution is 5.81. The average Bonchev–Trinajstić information content (AvgIpc) is 2.70. The molecule has 4 nitrogen and oxygen atoms in total. The van der Waals surface area contributed by atoms with E-state index >= 15 is 0 Å². The van der Waals surface area contributed by atoms with Crippen molar-refractivity contribution in [3.63, 3.8) is 0 Å². The molecule has 1 aliphatic carbocycles. The standard InChI is InChI=1S/C23H35N3O/c1-19-9-6-7-13-22(19)24-23(27)20(2)26-17-15-25(16-18-26)14-8-12-21-10-4-3-5-11-21/h3-5,8,10-12,19-20,22H,6-7,9,13-18H2,1-2H3,(H,24,27)/b12-8+/t19-,20-,22-/m1/s1. The van der Waals surface area contributed by atoms with Crippen molar-refractivity contribution in [3.8, 4) is 0 Å². The maximum atomic E-state index is 12.7. The number of amides is 1. The Bertz CT molecular complexity index is 607. The van der Waals surface area contributed by atoms with Crippen LogP contribution in [0.25, 0.3) is 6.08 Å². The van der Waals surface area contributed by atoms with Gasteiger partial charge in [0.2, 0.25) is 5.91 Å². The lowest BCUT2D eigenvalue weighted by molar-refractivity contribution is -0.127. The van der Waals surface area contributed by atoms with Gasteiger partial charge in [-0.05, 0) is 31.2 Å². The first-order valence-corrected chi connectivity index (χ1v) is 10.6. The predicted molar refractivity (Wildman–Crippen MR) is 113 cm³/mol. The highest BCUT2D eigenvalue weighted by Crippen LogP contribution is 2.24. The zero-order valence-electron chi connectivity index (χ0n) is 16.9. The summed E-state index contributed by atoms with van der Waals surface area (Å²) in [5.41, 5.74) is 1.25. The Labute approximate surface area is 164 Å². The summed E-state index contributed by atoms with van der Waals surface area (Å²) < 4.78 is 0. The highest BCUT2D eigenvalue weighted by atomic mass is 16.2. The van der Waals surface area contributed by atoms with Gasteiger partial charge >= 0.3 is 0 Å². The van der Waals surface area contributed by atoms with Crippen molar-refractivity contribution in [1.82, 2.24) is 15.1 Å². The zero-order chi connectivity index (χ0) is 19.1. The third-order valence-electron chi connectivity index (χ3n) is 6.25. The maximum Gasteiger partial charge on any atom is 0.237 e. The number of carbonyl (C=O) groups excluding carboxylic acids is 1. The van der Waals surface area contributed by atoms with E-state index in [-0.39, 0.29) is 11.9 Å². The Morgan fingerprint density at radius 1 is 1.15 bits per heavy atom. The molecule has 2 aliphatic rings. The number of benzene rings is 1. The molecule has 0 spiro atoms. The Morgan fingerprint density at radius 2 is 1.85 bits per heavy atom. The van der Waals surface area contributed by atoms with Gasteiger partial charge < -0.3 is 5.32 Å². The van der Waals surface area contributed by atoms with Crippen molar-refractivity contribution in [3.05, 3.63) is 42.0 Å². The van der Waals surface area contributed by atoms with Crippen LogP contribution in [-0.2, 0) is 4.79 Å². The molecule has 0 unspecified atom stereocenters. The molecule has 148 valence electrons. The fourth-order valence-electron chi connectivity index (χ4n) is 4.24. The first-order valence-electron chi connectivity index (χ1n) is 10.6. The van der Waals surface area contributed by atoms with Gasteiger partial charge in [-0.2, -0.15) is 0 Å². The number of nitrogens with one attached hydrogen (secondary N) is 1. The van der Waals surface area contributed by atoms with E-state index in [0.29, 0.717) is 12.0 Å². The lowest BCUT2D eigenvalue weighted by atomic mass is 9.86. The van der Waals surface area contributed by atoms with Crippen LogP contribution in [0.3, 0.4) is 0 Å². The fraction of sp³-hybridized carbons (Fsp3) is 0.609. The van der Waals surface area contributed by atoms with E-state index in [1.165, 1.54) is 24.8 Å². The van der Waals surface area contributed by atoms with Gasteiger partial charge in [0.1, 0.15) is 0 Å². The Balaban J connectivity index is 1.40. The summed E-state index contributed by atoms with van der Waals surface area (Å²) in [5.74, 6) is 0.828. The monoisotopic (exact) mass is 369 g/mol. The molecule has 1 saturated heterocycles. The van der Waals surface area contributed by atoms with E-state index in [1.807, 2.05) is 6.07 Å². The van der Waals surface area contributed by atoms with Crippen molar-refractivity contribution >= 4 is 12.0 Å². The van der Waals surface area contributed by atoms with E-state index in [4.69, 9.17) is 0 Å². The minimum atomic E-state index is -0.0267. The van der Waals surface area contributed by atoms with Gasteiger partial charge in [0, 0.05) is 38.8 Å². The molecule has 1 aliphatic heterocycles. The lowest BCUT2D eigenvalue weighted by Crippen LogP contribution is -2.55. The zero-order valence-corrected chi connectivity index (χ0v) is 16.9. The first kappa shape index (κ1) is 20.1. The van der Waals surface area contributed by atoms with E-state index in [1.54, 1.807) is 0 Å². The average molecular weight is 370 g/mol. The number of piperazine rings is 1. The Kier molecular flexibility index (Phi) is 7.48. The molecule has 1 aromatic rings. The quantitative estimate of drug-likeness (QED) is 0.835. The minimum absolute atomic E-state index is 0.0267. The van der Waals surface area contributed by atoms with Gasteiger partial charge in [-0.1, -0.05) is 62.2 Å². The van der Waals surface area contributed by atoms with Crippen molar-refractivity contribution in [1.29, 1.82) is 0 Å². The molecule has 1 heterocycles. The molecule has 1 aromatic carbocycles. The topological polar surface area (TPSA) is 35.6 Å². The second-order valence-electron chi connectivity index (χ2n) is 8.20. The summed E-state index contributed by atoms with van der Waals surface area (Å²) in [4.78, 5) is 17.5. The van der Waals surface area contributed by atoms with Crippen LogP contribution in [0.5, 0.6) is 0 Å². The molecule has 0 aromatic heterocycles. The highest BCUT2D eigenvalue weighted by Gasteiger charge is 2.29. The van der Waals surface area contributed by atoms with Crippen LogP contribution in [0.4, 0.5) is 0 Å².